The zero-order valence-electron chi connectivity index (χ0n) is 19.2. The van der Waals surface area contributed by atoms with Gasteiger partial charge in [0.05, 0.1) is 18.8 Å². The van der Waals surface area contributed by atoms with Crippen LogP contribution in [0.3, 0.4) is 0 Å². The summed E-state index contributed by atoms with van der Waals surface area (Å²) in [5.41, 5.74) is 3.80. The van der Waals surface area contributed by atoms with E-state index in [1.54, 1.807) is 19.2 Å². The van der Waals surface area contributed by atoms with Crippen LogP contribution in [-0.2, 0) is 16.8 Å². The summed E-state index contributed by atoms with van der Waals surface area (Å²) < 4.78 is 37.1. The van der Waals surface area contributed by atoms with Crippen LogP contribution in [0.5, 0.6) is 5.75 Å². The minimum absolute atomic E-state index is 0.0663. The first kappa shape index (κ1) is 22.8. The van der Waals surface area contributed by atoms with Gasteiger partial charge in [-0.05, 0) is 68.0 Å². The number of aromatic carboxylic acids is 1. The number of ether oxygens (including phenoxy) is 2. The Morgan fingerprint density at radius 2 is 2.06 bits per heavy atom. The van der Waals surface area contributed by atoms with Crippen molar-refractivity contribution in [2.45, 2.75) is 63.4 Å². The summed E-state index contributed by atoms with van der Waals surface area (Å²) >= 11 is 0. The molecule has 6 nitrogen and oxygen atoms in total. The lowest BCUT2D eigenvalue weighted by Crippen LogP contribution is -2.52. The number of carboxylic acids is 1. The third-order valence-electron chi connectivity index (χ3n) is 7.61. The quantitative estimate of drug-likeness (QED) is 0.481. The molecular weight excluding hydrogens is 442 g/mol. The lowest BCUT2D eigenvalue weighted by molar-refractivity contribution is -0.188. The fraction of sp³-hybridized carbons (Fsp3) is 0.423. The summed E-state index contributed by atoms with van der Waals surface area (Å²) in [5, 5.41) is 10.4. The molecule has 0 aliphatic carbocycles. The van der Waals surface area contributed by atoms with Crippen LogP contribution >= 0.6 is 0 Å². The molecule has 8 heteroatoms. The largest absolute Gasteiger partial charge is 0.496 e. The predicted molar refractivity (Wildman–Crippen MR) is 123 cm³/mol. The molecule has 2 aliphatic heterocycles. The number of alkyl halides is 2. The van der Waals surface area contributed by atoms with Crippen LogP contribution in [0.1, 0.15) is 52.7 Å². The van der Waals surface area contributed by atoms with Gasteiger partial charge in [0.1, 0.15) is 5.75 Å². The maximum atomic E-state index is 13.2. The van der Waals surface area contributed by atoms with E-state index >= 15 is 0 Å². The second kappa shape index (κ2) is 8.67. The molecule has 0 saturated carbocycles. The molecule has 5 rings (SSSR count). The Labute approximate surface area is 196 Å². The Hall–Kier alpha value is -2.97. The lowest BCUT2D eigenvalue weighted by Gasteiger charge is -2.48. The first-order chi connectivity index (χ1) is 16.3. The van der Waals surface area contributed by atoms with E-state index in [2.05, 4.69) is 9.88 Å². The van der Waals surface area contributed by atoms with Crippen LogP contribution in [0.25, 0.3) is 10.9 Å². The highest BCUT2D eigenvalue weighted by Gasteiger charge is 2.53. The van der Waals surface area contributed by atoms with Gasteiger partial charge in [-0.2, -0.15) is 8.78 Å². The number of hydrogen-bond acceptors (Lipinski definition) is 4. The Morgan fingerprint density at radius 1 is 1.29 bits per heavy atom. The molecule has 1 unspecified atom stereocenters. The Kier molecular flexibility index (Phi) is 5.81. The fourth-order valence-electron chi connectivity index (χ4n) is 6.11. The van der Waals surface area contributed by atoms with Crippen LogP contribution in [0, 0.1) is 6.92 Å². The molecule has 2 aliphatic rings. The normalized spacial score (nSPS) is 24.7. The number of aromatic amines is 1. The summed E-state index contributed by atoms with van der Waals surface area (Å²) in [5.74, 6) is -0.196. The number of H-pyrrole nitrogens is 1. The van der Waals surface area contributed by atoms with Crippen molar-refractivity contribution in [3.05, 3.63) is 64.8 Å². The average Bonchev–Trinajstić information content (AvgIpc) is 3.37. The van der Waals surface area contributed by atoms with E-state index in [-0.39, 0.29) is 11.6 Å². The van der Waals surface area contributed by atoms with Crippen LogP contribution < -0.4 is 4.74 Å². The van der Waals surface area contributed by atoms with Crippen molar-refractivity contribution in [2.75, 3.05) is 7.11 Å². The monoisotopic (exact) mass is 470 g/mol. The fourth-order valence-corrected chi connectivity index (χ4v) is 6.11. The van der Waals surface area contributed by atoms with Gasteiger partial charge in [0, 0.05) is 40.8 Å². The van der Waals surface area contributed by atoms with Crippen LogP contribution in [0.2, 0.25) is 0 Å². The van der Waals surface area contributed by atoms with Gasteiger partial charge in [-0.3, -0.25) is 4.90 Å². The summed E-state index contributed by atoms with van der Waals surface area (Å²) in [7, 11) is 1.66. The zero-order valence-corrected chi connectivity index (χ0v) is 19.2. The number of rotatable bonds is 7. The molecule has 3 atom stereocenters. The minimum Gasteiger partial charge on any atom is -0.496 e. The van der Waals surface area contributed by atoms with Crippen molar-refractivity contribution < 1.29 is 28.2 Å². The molecule has 0 amide bonds. The Morgan fingerprint density at radius 3 is 2.74 bits per heavy atom. The molecule has 180 valence electrons. The predicted octanol–water partition coefficient (Wildman–Crippen LogP) is 5.44. The maximum absolute atomic E-state index is 13.2. The third-order valence-corrected chi connectivity index (χ3v) is 7.61. The average molecular weight is 471 g/mol. The first-order valence-corrected chi connectivity index (χ1v) is 11.5. The smallest absolute Gasteiger partial charge is 0.345 e. The zero-order chi connectivity index (χ0) is 24.0. The van der Waals surface area contributed by atoms with Gasteiger partial charge < -0.3 is 19.6 Å². The maximum Gasteiger partial charge on any atom is 0.345 e. The number of aromatic nitrogens is 1. The SMILES string of the molecule is COc1cc(C)c2[nH]ccc2c1CN1[C@H]2CCC1(c1ccc(C(=O)O)cc1)C[C@@H](OC(F)F)C2. The summed E-state index contributed by atoms with van der Waals surface area (Å²) in [6, 6.07) is 11.0. The van der Waals surface area contributed by atoms with Gasteiger partial charge in [0.25, 0.3) is 0 Å². The van der Waals surface area contributed by atoms with E-state index in [0.29, 0.717) is 19.4 Å². The highest BCUT2D eigenvalue weighted by molar-refractivity contribution is 5.88. The lowest BCUT2D eigenvalue weighted by atomic mass is 9.79. The van der Waals surface area contributed by atoms with Crippen LogP contribution in [0.15, 0.2) is 42.6 Å². The van der Waals surface area contributed by atoms with Crippen molar-refractivity contribution in [2.24, 2.45) is 0 Å². The molecular formula is C26H28F2N2O4. The van der Waals surface area contributed by atoms with E-state index in [9.17, 15) is 18.7 Å². The number of benzene rings is 2. The molecule has 2 fully saturated rings. The van der Waals surface area contributed by atoms with Gasteiger partial charge in [-0.25, -0.2) is 4.79 Å². The van der Waals surface area contributed by atoms with Crippen molar-refractivity contribution in [1.29, 1.82) is 0 Å². The molecule has 3 aromatic rings. The second-order valence-electron chi connectivity index (χ2n) is 9.33. The van der Waals surface area contributed by atoms with Gasteiger partial charge >= 0.3 is 12.6 Å². The minimum atomic E-state index is -2.82. The van der Waals surface area contributed by atoms with Gasteiger partial charge in [0.2, 0.25) is 0 Å². The molecule has 2 bridgehead atoms. The van der Waals surface area contributed by atoms with Crippen molar-refractivity contribution in [3.63, 3.8) is 0 Å². The third kappa shape index (κ3) is 3.75. The Bertz CT molecular complexity index is 1210. The molecule has 0 radical (unpaired) electrons. The molecule has 2 N–H and O–H groups in total. The number of piperidine rings is 1. The molecule has 0 spiro atoms. The first-order valence-electron chi connectivity index (χ1n) is 11.5. The topological polar surface area (TPSA) is 74.8 Å². The number of nitrogens with zero attached hydrogens (tertiary/aromatic N) is 1. The van der Waals surface area contributed by atoms with E-state index < -0.39 is 24.2 Å². The van der Waals surface area contributed by atoms with Gasteiger partial charge in [0.15, 0.2) is 0 Å². The summed E-state index contributed by atoms with van der Waals surface area (Å²) in [6.07, 6.45) is 3.95. The summed E-state index contributed by atoms with van der Waals surface area (Å²) in [6.45, 7) is -0.197. The second-order valence-corrected chi connectivity index (χ2v) is 9.33. The van der Waals surface area contributed by atoms with Gasteiger partial charge in [-0.1, -0.05) is 12.1 Å². The standard InChI is InChI=1S/C26H28F2N2O4/c1-15-11-22(33-2)21(20-8-10-29-23(15)20)14-30-18-7-9-26(30,13-19(12-18)34-25(27)28)17-5-3-16(4-6-17)24(31)32/h3-6,8,10-11,18-19,25,29H,7,9,12-14H2,1-2H3,(H,31,32)/t18-,19-,26?/m0/s1. The van der Waals surface area contributed by atoms with E-state index in [1.807, 2.05) is 37.4 Å². The molecule has 34 heavy (non-hydrogen) atoms. The van der Waals surface area contributed by atoms with E-state index in [1.165, 1.54) is 0 Å². The van der Waals surface area contributed by atoms with Crippen molar-refractivity contribution in [1.82, 2.24) is 9.88 Å². The number of carboxylic acid groups (broad SMARTS) is 1. The van der Waals surface area contributed by atoms with Gasteiger partial charge in [-0.15, -0.1) is 0 Å². The van der Waals surface area contributed by atoms with Crippen LogP contribution in [0.4, 0.5) is 8.78 Å². The molecule has 1 aromatic heterocycles. The number of nitrogens with one attached hydrogen (secondary N) is 1. The Balaban J connectivity index is 1.59. The van der Waals surface area contributed by atoms with E-state index in [0.717, 1.165) is 46.2 Å². The molecule has 3 heterocycles. The highest BCUT2D eigenvalue weighted by Crippen LogP contribution is 2.53. The van der Waals surface area contributed by atoms with E-state index in [4.69, 9.17) is 9.47 Å². The number of fused-ring (bicyclic) bond motifs is 3. The summed E-state index contributed by atoms with van der Waals surface area (Å²) in [4.78, 5) is 17.1. The number of halogens is 2. The van der Waals surface area contributed by atoms with Crippen LogP contribution in [-0.4, -0.2) is 46.8 Å². The number of methoxy groups -OCH3 is 1. The number of carbonyl (C=O) groups is 1. The number of hydrogen-bond donors (Lipinski definition) is 2. The molecule has 2 saturated heterocycles. The molecule has 2 aromatic carbocycles. The highest BCUT2D eigenvalue weighted by atomic mass is 19.3. The van der Waals surface area contributed by atoms with Crippen molar-refractivity contribution in [3.8, 4) is 5.75 Å². The number of aryl methyl sites for hydroxylation is 1. The van der Waals surface area contributed by atoms with Crippen molar-refractivity contribution >= 4 is 16.9 Å².